The van der Waals surface area contributed by atoms with Crippen molar-refractivity contribution in [1.82, 2.24) is 4.90 Å². The zero-order valence-corrected chi connectivity index (χ0v) is 16.5. The predicted molar refractivity (Wildman–Crippen MR) is 105 cm³/mol. The average Bonchev–Trinajstić information content (AvgIpc) is 2.63. The highest BCUT2D eigenvalue weighted by Crippen LogP contribution is 2.23. The Morgan fingerprint density at radius 3 is 2.44 bits per heavy atom. The fraction of sp³-hybridized carbons (Fsp3) is 0.316. The molecule has 1 aliphatic heterocycles. The van der Waals surface area contributed by atoms with E-state index in [4.69, 9.17) is 16.3 Å². The molecule has 6 nitrogen and oxygen atoms in total. The minimum atomic E-state index is -3.51. The lowest BCUT2D eigenvalue weighted by Gasteiger charge is -2.26. The maximum Gasteiger partial charge on any atom is 0.255 e. The van der Waals surface area contributed by atoms with Gasteiger partial charge in [0.05, 0.1) is 23.1 Å². The van der Waals surface area contributed by atoms with E-state index >= 15 is 0 Å². The molecule has 144 valence electrons. The number of hydrogen-bond donors (Lipinski definition) is 1. The summed E-state index contributed by atoms with van der Waals surface area (Å²) < 4.78 is 28.9. The van der Waals surface area contributed by atoms with Crippen LogP contribution in [0.25, 0.3) is 0 Å². The van der Waals surface area contributed by atoms with Gasteiger partial charge in [-0.3, -0.25) is 9.69 Å². The van der Waals surface area contributed by atoms with Gasteiger partial charge in [0.25, 0.3) is 5.91 Å². The van der Waals surface area contributed by atoms with Crippen LogP contribution >= 0.6 is 11.6 Å². The molecule has 1 fully saturated rings. The van der Waals surface area contributed by atoms with Crippen LogP contribution in [-0.2, 0) is 21.1 Å². The van der Waals surface area contributed by atoms with Crippen LogP contribution in [-0.4, -0.2) is 51.8 Å². The van der Waals surface area contributed by atoms with Gasteiger partial charge in [0, 0.05) is 37.1 Å². The van der Waals surface area contributed by atoms with Crippen LogP contribution < -0.4 is 5.32 Å². The fourth-order valence-corrected chi connectivity index (χ4v) is 4.14. The van der Waals surface area contributed by atoms with Gasteiger partial charge < -0.3 is 10.1 Å². The third-order valence-electron chi connectivity index (χ3n) is 4.31. The van der Waals surface area contributed by atoms with Crippen molar-refractivity contribution in [2.45, 2.75) is 11.4 Å². The molecule has 0 aliphatic carbocycles. The summed E-state index contributed by atoms with van der Waals surface area (Å²) in [6.07, 6.45) is 1.06. The normalized spacial score (nSPS) is 15.5. The molecule has 0 aromatic heterocycles. The third kappa shape index (κ3) is 5.29. The molecule has 8 heteroatoms. The molecule has 0 radical (unpaired) electrons. The minimum absolute atomic E-state index is 0.0577. The molecule has 0 spiro atoms. The lowest BCUT2D eigenvalue weighted by Crippen LogP contribution is -2.35. The van der Waals surface area contributed by atoms with Crippen molar-refractivity contribution in [3.05, 3.63) is 58.6 Å². The Morgan fingerprint density at radius 2 is 1.81 bits per heavy atom. The van der Waals surface area contributed by atoms with Crippen molar-refractivity contribution >= 4 is 33.0 Å². The highest BCUT2D eigenvalue weighted by atomic mass is 35.5. The first kappa shape index (κ1) is 19.8. The second-order valence-corrected chi connectivity index (χ2v) is 8.85. The van der Waals surface area contributed by atoms with Crippen molar-refractivity contribution < 1.29 is 17.9 Å². The number of rotatable bonds is 5. The number of nitrogens with zero attached hydrogens (tertiary/aromatic N) is 1. The van der Waals surface area contributed by atoms with Crippen LogP contribution in [0.15, 0.2) is 47.4 Å². The highest BCUT2D eigenvalue weighted by Gasteiger charge is 2.16. The summed E-state index contributed by atoms with van der Waals surface area (Å²) >= 11 is 5.92. The molecular weight excluding hydrogens is 388 g/mol. The molecule has 0 bridgehead atoms. The van der Waals surface area contributed by atoms with Crippen molar-refractivity contribution in [1.29, 1.82) is 0 Å². The number of ether oxygens (including phenoxy) is 1. The molecule has 1 aliphatic rings. The number of morpholine rings is 1. The van der Waals surface area contributed by atoms with E-state index in [1.807, 2.05) is 24.3 Å². The maximum absolute atomic E-state index is 12.4. The van der Waals surface area contributed by atoms with Crippen LogP contribution in [0.5, 0.6) is 0 Å². The number of carbonyl (C=O) groups excluding carboxylic acids is 1. The largest absolute Gasteiger partial charge is 0.379 e. The summed E-state index contributed by atoms with van der Waals surface area (Å²) in [4.78, 5) is 14.7. The minimum Gasteiger partial charge on any atom is -0.379 e. The molecule has 0 unspecified atom stereocenters. The Morgan fingerprint density at radius 1 is 1.15 bits per heavy atom. The van der Waals surface area contributed by atoms with E-state index < -0.39 is 15.7 Å². The number of sulfone groups is 1. The Bertz CT molecular complexity index is 923. The van der Waals surface area contributed by atoms with Gasteiger partial charge in [-0.2, -0.15) is 0 Å². The van der Waals surface area contributed by atoms with Gasteiger partial charge >= 0.3 is 0 Å². The number of hydrogen-bond acceptors (Lipinski definition) is 5. The van der Waals surface area contributed by atoms with E-state index in [9.17, 15) is 13.2 Å². The standard InChI is InChI=1S/C19H21ClN2O4S/c1-27(24,25)18-12-15(4-7-17(18)20)19(23)21-16-5-2-14(3-6-16)13-22-8-10-26-11-9-22/h2-7,12H,8-11,13H2,1H3,(H,21,23). The monoisotopic (exact) mass is 408 g/mol. The molecule has 1 N–H and O–H groups in total. The molecule has 0 atom stereocenters. The SMILES string of the molecule is CS(=O)(=O)c1cc(C(=O)Nc2ccc(CN3CCOCC3)cc2)ccc1Cl. The van der Waals surface area contributed by atoms with E-state index in [-0.39, 0.29) is 15.5 Å². The first-order valence-electron chi connectivity index (χ1n) is 8.53. The van der Waals surface area contributed by atoms with Crippen LogP contribution in [0.1, 0.15) is 15.9 Å². The zero-order chi connectivity index (χ0) is 19.4. The maximum atomic E-state index is 12.4. The summed E-state index contributed by atoms with van der Waals surface area (Å²) in [5, 5.41) is 2.88. The number of carbonyl (C=O) groups is 1. The van der Waals surface area contributed by atoms with E-state index in [0.717, 1.165) is 44.7 Å². The molecular formula is C19H21ClN2O4S. The van der Waals surface area contributed by atoms with E-state index in [1.54, 1.807) is 0 Å². The van der Waals surface area contributed by atoms with Crippen molar-refractivity contribution in [2.24, 2.45) is 0 Å². The topological polar surface area (TPSA) is 75.7 Å². The van der Waals surface area contributed by atoms with Crippen molar-refractivity contribution in [3.8, 4) is 0 Å². The number of amides is 1. The van der Waals surface area contributed by atoms with Gasteiger partial charge in [-0.05, 0) is 35.9 Å². The highest BCUT2D eigenvalue weighted by molar-refractivity contribution is 7.90. The van der Waals surface area contributed by atoms with Gasteiger partial charge in [0.15, 0.2) is 9.84 Å². The summed E-state index contributed by atoms with van der Waals surface area (Å²) in [7, 11) is -3.51. The van der Waals surface area contributed by atoms with Gasteiger partial charge in [0.1, 0.15) is 0 Å². The first-order chi connectivity index (χ1) is 12.8. The van der Waals surface area contributed by atoms with E-state index in [0.29, 0.717) is 5.69 Å². The zero-order valence-electron chi connectivity index (χ0n) is 14.9. The first-order valence-corrected chi connectivity index (χ1v) is 10.8. The van der Waals surface area contributed by atoms with Crippen LogP contribution in [0.4, 0.5) is 5.69 Å². The van der Waals surface area contributed by atoms with E-state index in [1.165, 1.54) is 18.2 Å². The molecule has 3 rings (SSSR count). The molecule has 2 aromatic rings. The number of anilines is 1. The van der Waals surface area contributed by atoms with Crippen LogP contribution in [0.3, 0.4) is 0 Å². The lowest BCUT2D eigenvalue weighted by molar-refractivity contribution is 0.0342. The number of nitrogens with one attached hydrogen (secondary N) is 1. The summed E-state index contributed by atoms with van der Waals surface area (Å²) in [5.74, 6) is -0.391. The summed E-state index contributed by atoms with van der Waals surface area (Å²) in [5.41, 5.74) is 2.03. The Hall–Kier alpha value is -1.93. The van der Waals surface area contributed by atoms with E-state index in [2.05, 4.69) is 10.2 Å². The quantitative estimate of drug-likeness (QED) is 0.823. The smallest absolute Gasteiger partial charge is 0.255 e. The average molecular weight is 409 g/mol. The second kappa shape index (κ2) is 8.39. The molecule has 0 saturated carbocycles. The van der Waals surface area contributed by atoms with Crippen LogP contribution in [0, 0.1) is 0 Å². The Balaban J connectivity index is 1.67. The second-order valence-electron chi connectivity index (χ2n) is 6.46. The third-order valence-corrected chi connectivity index (χ3v) is 5.89. The Labute approximate surface area is 164 Å². The van der Waals surface area contributed by atoms with Gasteiger partial charge in [0.2, 0.25) is 0 Å². The summed E-state index contributed by atoms with van der Waals surface area (Å²) in [6.45, 7) is 4.18. The molecule has 1 heterocycles. The predicted octanol–water partition coefficient (Wildman–Crippen LogP) is 2.83. The van der Waals surface area contributed by atoms with Gasteiger partial charge in [-0.15, -0.1) is 0 Å². The molecule has 27 heavy (non-hydrogen) atoms. The Kier molecular flexibility index (Phi) is 6.16. The van der Waals surface area contributed by atoms with Gasteiger partial charge in [-0.25, -0.2) is 8.42 Å². The van der Waals surface area contributed by atoms with Crippen molar-refractivity contribution in [2.75, 3.05) is 37.9 Å². The molecule has 2 aromatic carbocycles. The molecule has 1 amide bonds. The lowest BCUT2D eigenvalue weighted by atomic mass is 10.1. The van der Waals surface area contributed by atoms with Crippen LogP contribution in [0.2, 0.25) is 5.02 Å². The number of benzene rings is 2. The summed E-state index contributed by atoms with van der Waals surface area (Å²) in [6, 6.07) is 11.8. The number of halogens is 1. The molecule has 1 saturated heterocycles. The fourth-order valence-electron chi connectivity index (χ4n) is 2.84. The van der Waals surface area contributed by atoms with Gasteiger partial charge in [-0.1, -0.05) is 23.7 Å². The van der Waals surface area contributed by atoms with Crippen molar-refractivity contribution in [3.63, 3.8) is 0 Å².